The second-order valence-electron chi connectivity index (χ2n) is 1.94. The first-order valence-corrected chi connectivity index (χ1v) is 4.66. The summed E-state index contributed by atoms with van der Waals surface area (Å²) in [5.74, 6) is -0.291. The van der Waals surface area contributed by atoms with Crippen LogP contribution in [-0.2, 0) is 30.5 Å². The first-order valence-electron chi connectivity index (χ1n) is 3.39. The van der Waals surface area contributed by atoms with E-state index in [0.29, 0.717) is 5.56 Å². The molecule has 0 atom stereocenters. The predicted molar refractivity (Wildman–Crippen MR) is 39.2 cm³/mol. The molecule has 0 aliphatic carbocycles. The molecule has 0 aromatic heterocycles. The van der Waals surface area contributed by atoms with Gasteiger partial charge < -0.3 is 4.74 Å². The van der Waals surface area contributed by atoms with E-state index in [-0.39, 0.29) is 5.97 Å². The van der Waals surface area contributed by atoms with Gasteiger partial charge in [-0.05, 0) is 12.1 Å². The zero-order valence-corrected chi connectivity index (χ0v) is 8.58. The molecule has 1 aromatic carbocycles. The zero-order chi connectivity index (χ0) is 10.1. The second-order valence-corrected chi connectivity index (χ2v) is 2.20. The van der Waals surface area contributed by atoms with Gasteiger partial charge in [0.25, 0.3) is 0 Å². The Bertz CT molecular complexity index is 290. The Morgan fingerprint density at radius 3 is 2.08 bits per heavy atom. The minimum atomic E-state index is -2.00. The Hall–Kier alpha value is -0.996. The van der Waals surface area contributed by atoms with Gasteiger partial charge in [-0.2, -0.15) is 0 Å². The second kappa shape index (κ2) is 7.64. The van der Waals surface area contributed by atoms with Crippen LogP contribution in [-0.4, -0.2) is 13.1 Å². The number of hydrogen-bond acceptors (Lipinski definition) is 4. The third kappa shape index (κ3) is 5.28. The van der Waals surface area contributed by atoms with Crippen LogP contribution in [0.25, 0.3) is 0 Å². The first kappa shape index (κ1) is 12.0. The van der Waals surface area contributed by atoms with Gasteiger partial charge in [-0.25, -0.2) is 4.79 Å². The monoisotopic (exact) mass is 216 g/mol. The minimum absolute atomic E-state index is 0.291. The summed E-state index contributed by atoms with van der Waals surface area (Å²) >= 11 is -2.00. The van der Waals surface area contributed by atoms with Crippen LogP contribution >= 0.6 is 0 Å². The van der Waals surface area contributed by atoms with Crippen molar-refractivity contribution in [1.82, 2.24) is 0 Å². The molecular formula is C8H8O4Ti. The summed E-state index contributed by atoms with van der Waals surface area (Å²) in [6.07, 6.45) is 0. The van der Waals surface area contributed by atoms with Crippen molar-refractivity contribution in [3.63, 3.8) is 0 Å². The van der Waals surface area contributed by atoms with Gasteiger partial charge in [-0.15, -0.1) is 0 Å². The molecular weight excluding hydrogens is 208 g/mol. The molecule has 0 aliphatic rings. The van der Waals surface area contributed by atoms with E-state index in [1.54, 1.807) is 24.3 Å². The number of rotatable bonds is 1. The predicted octanol–water partition coefficient (Wildman–Crippen LogP) is 1.23. The van der Waals surface area contributed by atoms with Gasteiger partial charge in [0.05, 0.1) is 12.7 Å². The number of esters is 1. The quantitative estimate of drug-likeness (QED) is 0.523. The molecule has 0 radical (unpaired) electrons. The molecule has 0 unspecified atom stereocenters. The van der Waals surface area contributed by atoms with Crippen molar-refractivity contribution in [2.24, 2.45) is 0 Å². The molecule has 5 heteroatoms. The Morgan fingerprint density at radius 2 is 1.69 bits per heavy atom. The fourth-order valence-electron chi connectivity index (χ4n) is 0.692. The van der Waals surface area contributed by atoms with Crippen molar-refractivity contribution in [2.75, 3.05) is 7.11 Å². The number of ether oxygens (including phenoxy) is 1. The van der Waals surface area contributed by atoms with Gasteiger partial charge in [-0.3, -0.25) is 0 Å². The van der Waals surface area contributed by atoms with E-state index in [1.807, 2.05) is 6.07 Å². The summed E-state index contributed by atoms with van der Waals surface area (Å²) in [6, 6.07) is 8.88. The van der Waals surface area contributed by atoms with E-state index in [2.05, 4.69) is 4.74 Å². The van der Waals surface area contributed by atoms with Gasteiger partial charge >= 0.3 is 31.7 Å². The molecule has 0 aliphatic heterocycles. The van der Waals surface area contributed by atoms with Crippen LogP contribution in [0.5, 0.6) is 0 Å². The summed E-state index contributed by atoms with van der Waals surface area (Å²) in [5, 5.41) is 0. The molecule has 0 heterocycles. The molecule has 68 valence electrons. The molecule has 13 heavy (non-hydrogen) atoms. The van der Waals surface area contributed by atoms with E-state index >= 15 is 0 Å². The number of carbonyl (C=O) groups excluding carboxylic acids is 1. The van der Waals surface area contributed by atoms with Crippen molar-refractivity contribution in [3.05, 3.63) is 35.9 Å². The zero-order valence-electron chi connectivity index (χ0n) is 7.02. The van der Waals surface area contributed by atoms with Gasteiger partial charge in [0.15, 0.2) is 0 Å². The molecule has 0 N–H and O–H groups in total. The number of carbonyl (C=O) groups is 1. The topological polar surface area (TPSA) is 60.4 Å². The Morgan fingerprint density at radius 1 is 1.23 bits per heavy atom. The molecule has 0 bridgehead atoms. The van der Waals surface area contributed by atoms with Crippen molar-refractivity contribution < 1.29 is 35.3 Å². The molecule has 0 saturated heterocycles. The van der Waals surface area contributed by atoms with E-state index in [4.69, 9.17) is 6.65 Å². The van der Waals surface area contributed by atoms with Crippen molar-refractivity contribution in [3.8, 4) is 0 Å². The van der Waals surface area contributed by atoms with E-state index in [1.165, 1.54) is 7.11 Å². The molecule has 0 fully saturated rings. The Labute approximate surface area is 84.5 Å². The Kier molecular flexibility index (Phi) is 7.06. The van der Waals surface area contributed by atoms with Crippen LogP contribution in [0.3, 0.4) is 0 Å². The van der Waals surface area contributed by atoms with Crippen LogP contribution < -0.4 is 0 Å². The fourth-order valence-corrected chi connectivity index (χ4v) is 0.692. The molecule has 4 nitrogen and oxygen atoms in total. The molecule has 0 spiro atoms. The third-order valence-electron chi connectivity index (χ3n) is 1.19. The van der Waals surface area contributed by atoms with E-state index < -0.39 is 19.1 Å². The van der Waals surface area contributed by atoms with Crippen LogP contribution in [0.1, 0.15) is 10.4 Å². The summed E-state index contributed by atoms with van der Waals surface area (Å²) in [7, 11) is 1.37. The summed E-state index contributed by atoms with van der Waals surface area (Å²) < 4.78 is 21.5. The molecule has 1 rings (SSSR count). The van der Waals surface area contributed by atoms with Gasteiger partial charge in [0.1, 0.15) is 0 Å². The molecule has 0 saturated carbocycles. The maximum absolute atomic E-state index is 10.8. The average Bonchev–Trinajstić information content (AvgIpc) is 2.19. The van der Waals surface area contributed by atoms with Crippen LogP contribution in [0.15, 0.2) is 30.3 Å². The Balaban J connectivity index is 0.000000424. The van der Waals surface area contributed by atoms with Gasteiger partial charge in [0, 0.05) is 0 Å². The summed E-state index contributed by atoms with van der Waals surface area (Å²) in [4.78, 5) is 10.8. The van der Waals surface area contributed by atoms with E-state index in [9.17, 15) is 4.79 Å². The van der Waals surface area contributed by atoms with E-state index in [0.717, 1.165) is 0 Å². The van der Waals surface area contributed by atoms with Crippen molar-refractivity contribution in [2.45, 2.75) is 0 Å². The maximum atomic E-state index is 10.8. The summed E-state index contributed by atoms with van der Waals surface area (Å²) in [5.41, 5.74) is 0.588. The van der Waals surface area contributed by atoms with Gasteiger partial charge in [0.2, 0.25) is 0 Å². The standard InChI is InChI=1S/C8H8O2.2O.Ti/c1-10-8(9)7-5-3-2-4-6-7;;;/h2-6H,1H3;;;. The van der Waals surface area contributed by atoms with Crippen LogP contribution in [0.2, 0.25) is 0 Å². The van der Waals surface area contributed by atoms with Crippen molar-refractivity contribution in [1.29, 1.82) is 0 Å². The third-order valence-corrected chi connectivity index (χ3v) is 1.19. The SMILES string of the molecule is COC(=O)c1ccccc1.[O]=[Ti]=[O]. The number of methoxy groups -OCH3 is 1. The van der Waals surface area contributed by atoms with Gasteiger partial charge in [-0.1, -0.05) is 18.2 Å². The normalized spacial score (nSPS) is 7.46. The van der Waals surface area contributed by atoms with Crippen molar-refractivity contribution >= 4 is 5.97 Å². The average molecular weight is 216 g/mol. The van der Waals surface area contributed by atoms with Crippen LogP contribution in [0, 0.1) is 0 Å². The number of benzene rings is 1. The summed E-state index contributed by atoms with van der Waals surface area (Å²) in [6.45, 7) is 0. The number of hydrogen-bond donors (Lipinski definition) is 0. The molecule has 0 amide bonds. The van der Waals surface area contributed by atoms with Crippen LogP contribution in [0.4, 0.5) is 0 Å². The fraction of sp³-hybridized carbons (Fsp3) is 0.125. The molecule has 1 aromatic rings. The first-order chi connectivity index (χ1) is 6.26.